The molecule has 0 saturated heterocycles. The zero-order valence-corrected chi connectivity index (χ0v) is 26.7. The van der Waals surface area contributed by atoms with Crippen molar-refractivity contribution in [2.24, 2.45) is 0 Å². The number of carbonyl (C=O) groups is 4. The SMILES string of the molecule is COC(=O)[C@@H](CCSC[C@H](NC(=O)OCC1c2ccccc2-c2ccccc21)C(=O)OC(C)(C)C)NC(=O)OC(C)(C)C. The van der Waals surface area contributed by atoms with Gasteiger partial charge in [0, 0.05) is 11.7 Å². The number of hydrogen-bond acceptors (Lipinski definition) is 9. The fraction of sp³-hybridized carbons (Fsp3) is 0.500. The van der Waals surface area contributed by atoms with Crippen molar-refractivity contribution in [3.8, 4) is 11.1 Å². The third-order valence-electron chi connectivity index (χ3n) is 6.34. The van der Waals surface area contributed by atoms with Crippen LogP contribution >= 0.6 is 11.8 Å². The molecular weight excluding hydrogens is 572 g/mol. The summed E-state index contributed by atoms with van der Waals surface area (Å²) in [5.74, 6) is -0.835. The van der Waals surface area contributed by atoms with Crippen LogP contribution in [-0.4, -0.2) is 72.6 Å². The highest BCUT2D eigenvalue weighted by atomic mass is 32.2. The summed E-state index contributed by atoms with van der Waals surface area (Å²) in [7, 11) is 1.23. The van der Waals surface area contributed by atoms with E-state index in [4.69, 9.17) is 18.9 Å². The maximum Gasteiger partial charge on any atom is 0.408 e. The molecule has 1 aliphatic rings. The smallest absolute Gasteiger partial charge is 0.408 e. The van der Waals surface area contributed by atoms with Gasteiger partial charge in [0.05, 0.1) is 7.11 Å². The highest BCUT2D eigenvalue weighted by Crippen LogP contribution is 2.44. The molecule has 2 atom stereocenters. The summed E-state index contributed by atoms with van der Waals surface area (Å²) in [5, 5.41) is 5.18. The van der Waals surface area contributed by atoms with Crippen LogP contribution in [0.3, 0.4) is 0 Å². The van der Waals surface area contributed by atoms with E-state index in [1.807, 2.05) is 36.4 Å². The Balaban J connectivity index is 1.60. The molecule has 0 fully saturated rings. The summed E-state index contributed by atoms with van der Waals surface area (Å²) >= 11 is 1.31. The number of methoxy groups -OCH3 is 1. The largest absolute Gasteiger partial charge is 0.467 e. The van der Waals surface area contributed by atoms with Gasteiger partial charge in [0.1, 0.15) is 29.9 Å². The van der Waals surface area contributed by atoms with E-state index >= 15 is 0 Å². The summed E-state index contributed by atoms with van der Waals surface area (Å²) in [5.41, 5.74) is 2.89. The maximum absolute atomic E-state index is 13.0. The molecule has 0 aromatic heterocycles. The molecule has 1 aliphatic carbocycles. The molecule has 0 radical (unpaired) electrons. The predicted octanol–water partition coefficient (Wildman–Crippen LogP) is 5.43. The Labute approximate surface area is 257 Å². The second kappa shape index (κ2) is 14.6. The molecular formula is C32H42N2O8S. The number of alkyl carbamates (subject to hydrolysis) is 2. The number of benzene rings is 2. The van der Waals surface area contributed by atoms with Crippen LogP contribution in [0.4, 0.5) is 9.59 Å². The fourth-order valence-corrected chi connectivity index (χ4v) is 5.59. The number of rotatable bonds is 11. The summed E-state index contributed by atoms with van der Waals surface area (Å²) in [6.07, 6.45) is -1.27. The standard InChI is InChI=1S/C32H42N2O8S/c1-31(2,3)41-28(36)26(19-43-17-16-25(27(35)39-7)33-30(38)42-32(4,5)6)34-29(37)40-18-24-22-14-10-8-12-20(22)21-13-9-11-15-23(21)24/h8-15,24-26H,16-19H2,1-7H3,(H,33,38)(H,34,37)/t25-,26+/m1/s1. The third-order valence-corrected chi connectivity index (χ3v) is 7.43. The zero-order valence-electron chi connectivity index (χ0n) is 25.9. The molecule has 0 spiro atoms. The lowest BCUT2D eigenvalue weighted by atomic mass is 9.98. The molecule has 234 valence electrons. The predicted molar refractivity (Wildman–Crippen MR) is 165 cm³/mol. The van der Waals surface area contributed by atoms with E-state index in [-0.39, 0.29) is 24.7 Å². The van der Waals surface area contributed by atoms with Crippen molar-refractivity contribution in [3.63, 3.8) is 0 Å². The van der Waals surface area contributed by atoms with Crippen molar-refractivity contribution in [2.75, 3.05) is 25.2 Å². The summed E-state index contributed by atoms with van der Waals surface area (Å²) < 4.78 is 21.2. The molecule has 0 saturated carbocycles. The minimum absolute atomic E-state index is 0.102. The Morgan fingerprint density at radius 3 is 1.84 bits per heavy atom. The average molecular weight is 615 g/mol. The molecule has 2 amide bonds. The first-order valence-electron chi connectivity index (χ1n) is 14.2. The Hall–Kier alpha value is -3.73. The van der Waals surface area contributed by atoms with Crippen LogP contribution in [0.15, 0.2) is 48.5 Å². The van der Waals surface area contributed by atoms with Crippen molar-refractivity contribution in [2.45, 2.75) is 77.2 Å². The number of amides is 2. The van der Waals surface area contributed by atoms with Crippen LogP contribution in [0.5, 0.6) is 0 Å². The van der Waals surface area contributed by atoms with Gasteiger partial charge in [0.2, 0.25) is 0 Å². The van der Waals surface area contributed by atoms with E-state index in [1.165, 1.54) is 18.9 Å². The molecule has 2 N–H and O–H groups in total. The van der Waals surface area contributed by atoms with Gasteiger partial charge in [-0.25, -0.2) is 19.2 Å². The number of hydrogen-bond donors (Lipinski definition) is 2. The lowest BCUT2D eigenvalue weighted by molar-refractivity contribution is -0.156. The maximum atomic E-state index is 13.0. The van der Waals surface area contributed by atoms with Crippen molar-refractivity contribution in [1.82, 2.24) is 10.6 Å². The highest BCUT2D eigenvalue weighted by molar-refractivity contribution is 7.99. The second-order valence-corrected chi connectivity index (χ2v) is 13.3. The first-order valence-corrected chi connectivity index (χ1v) is 15.3. The quantitative estimate of drug-likeness (QED) is 0.194. The van der Waals surface area contributed by atoms with Gasteiger partial charge in [0.25, 0.3) is 0 Å². The second-order valence-electron chi connectivity index (χ2n) is 12.1. The zero-order chi connectivity index (χ0) is 31.8. The lowest BCUT2D eigenvalue weighted by Gasteiger charge is -2.25. The Morgan fingerprint density at radius 1 is 0.767 bits per heavy atom. The molecule has 2 aromatic carbocycles. The molecule has 0 bridgehead atoms. The number of ether oxygens (including phenoxy) is 4. The normalized spacial score (nSPS) is 14.0. The van der Waals surface area contributed by atoms with Crippen LogP contribution in [0.1, 0.15) is 65.0 Å². The Bertz CT molecular complexity index is 1260. The van der Waals surface area contributed by atoms with Gasteiger partial charge in [-0.15, -0.1) is 0 Å². The fourth-order valence-electron chi connectivity index (χ4n) is 4.57. The summed E-state index contributed by atoms with van der Waals surface area (Å²) in [6, 6.07) is 14.1. The van der Waals surface area contributed by atoms with Gasteiger partial charge in [-0.3, -0.25) is 0 Å². The Kier molecular flexibility index (Phi) is 11.5. The van der Waals surface area contributed by atoms with Gasteiger partial charge < -0.3 is 29.6 Å². The van der Waals surface area contributed by atoms with Crippen LogP contribution in [-0.2, 0) is 28.5 Å². The molecule has 43 heavy (non-hydrogen) atoms. The molecule has 0 aliphatic heterocycles. The number of esters is 2. The van der Waals surface area contributed by atoms with Crippen molar-refractivity contribution in [3.05, 3.63) is 59.7 Å². The lowest BCUT2D eigenvalue weighted by Crippen LogP contribution is -2.46. The summed E-state index contributed by atoms with van der Waals surface area (Å²) in [6.45, 7) is 10.5. The highest BCUT2D eigenvalue weighted by Gasteiger charge is 2.31. The van der Waals surface area contributed by atoms with E-state index < -0.39 is 47.4 Å². The number of thioether (sulfide) groups is 1. The van der Waals surface area contributed by atoms with Gasteiger partial charge >= 0.3 is 24.1 Å². The number of carbonyl (C=O) groups excluding carboxylic acids is 4. The van der Waals surface area contributed by atoms with Crippen molar-refractivity contribution in [1.29, 1.82) is 0 Å². The van der Waals surface area contributed by atoms with Crippen molar-refractivity contribution >= 4 is 35.9 Å². The minimum Gasteiger partial charge on any atom is -0.467 e. The molecule has 11 heteroatoms. The minimum atomic E-state index is -1.00. The topological polar surface area (TPSA) is 129 Å². The molecule has 0 unspecified atom stereocenters. The van der Waals surface area contributed by atoms with E-state index in [1.54, 1.807) is 41.5 Å². The molecule has 2 aromatic rings. The first kappa shape index (κ1) is 33.8. The van der Waals surface area contributed by atoms with Gasteiger partial charge in [-0.05, 0) is 76.0 Å². The van der Waals surface area contributed by atoms with Crippen LogP contribution in [0.25, 0.3) is 11.1 Å². The molecule has 10 nitrogen and oxygen atoms in total. The van der Waals surface area contributed by atoms with Crippen LogP contribution < -0.4 is 10.6 Å². The van der Waals surface area contributed by atoms with E-state index in [0.717, 1.165) is 22.3 Å². The first-order chi connectivity index (χ1) is 20.2. The van der Waals surface area contributed by atoms with Crippen molar-refractivity contribution < 1.29 is 38.1 Å². The van der Waals surface area contributed by atoms with Crippen LogP contribution in [0, 0.1) is 0 Å². The Morgan fingerprint density at radius 2 is 1.30 bits per heavy atom. The van der Waals surface area contributed by atoms with E-state index in [2.05, 4.69) is 22.8 Å². The average Bonchev–Trinajstić information content (AvgIpc) is 3.24. The van der Waals surface area contributed by atoms with E-state index in [0.29, 0.717) is 5.75 Å². The number of nitrogens with one attached hydrogen (secondary N) is 2. The molecule has 0 heterocycles. The monoisotopic (exact) mass is 614 g/mol. The third kappa shape index (κ3) is 10.2. The van der Waals surface area contributed by atoms with Crippen LogP contribution in [0.2, 0.25) is 0 Å². The van der Waals surface area contributed by atoms with Gasteiger partial charge in [0.15, 0.2) is 0 Å². The number of fused-ring (bicyclic) bond motifs is 3. The van der Waals surface area contributed by atoms with Gasteiger partial charge in [-0.1, -0.05) is 48.5 Å². The van der Waals surface area contributed by atoms with Gasteiger partial charge in [-0.2, -0.15) is 11.8 Å². The molecule has 3 rings (SSSR count). The van der Waals surface area contributed by atoms with E-state index in [9.17, 15) is 19.2 Å². The summed E-state index contributed by atoms with van der Waals surface area (Å²) in [4.78, 5) is 50.4.